The Kier molecular flexibility index (Phi) is 3.98. The summed E-state index contributed by atoms with van der Waals surface area (Å²) >= 11 is 3.47. The van der Waals surface area contributed by atoms with Crippen molar-refractivity contribution in [3.63, 3.8) is 0 Å². The summed E-state index contributed by atoms with van der Waals surface area (Å²) in [6, 6.07) is 13.4. The van der Waals surface area contributed by atoms with E-state index in [4.69, 9.17) is 4.74 Å². The van der Waals surface area contributed by atoms with Gasteiger partial charge in [-0.05, 0) is 50.2 Å². The Morgan fingerprint density at radius 3 is 2.77 bits per heavy atom. The summed E-state index contributed by atoms with van der Waals surface area (Å²) in [6.07, 6.45) is 1.62. The molecule has 112 valence electrons. The minimum atomic E-state index is -0.325. The molecule has 0 aliphatic heterocycles. The zero-order valence-electron chi connectivity index (χ0n) is 12.3. The van der Waals surface area contributed by atoms with Gasteiger partial charge in [-0.3, -0.25) is 4.57 Å². The van der Waals surface area contributed by atoms with E-state index in [-0.39, 0.29) is 12.1 Å². The topological polar surface area (TPSA) is 44.1 Å². The standard InChI is InChI=1S/C17H15BrN2O2/c1-11(2)22-17(21)12-6-7-16-15(8-12)19-10-20(16)14-5-3-4-13(18)9-14/h3-11H,1-2H3. The SMILES string of the molecule is CC(C)OC(=O)c1ccc2c(c1)ncn2-c1cccc(Br)c1. The lowest BCUT2D eigenvalue weighted by Gasteiger charge is -2.08. The van der Waals surface area contributed by atoms with Crippen molar-refractivity contribution in [2.45, 2.75) is 20.0 Å². The molecule has 0 saturated carbocycles. The third-order valence-electron chi connectivity index (χ3n) is 3.21. The number of carbonyl (C=O) groups excluding carboxylic acids is 1. The second-order valence-electron chi connectivity index (χ2n) is 5.25. The summed E-state index contributed by atoms with van der Waals surface area (Å²) in [4.78, 5) is 16.3. The van der Waals surface area contributed by atoms with Crippen LogP contribution < -0.4 is 0 Å². The molecule has 0 spiro atoms. The highest BCUT2D eigenvalue weighted by atomic mass is 79.9. The van der Waals surface area contributed by atoms with Gasteiger partial charge in [-0.25, -0.2) is 9.78 Å². The molecule has 0 N–H and O–H groups in total. The molecule has 0 aliphatic rings. The predicted molar refractivity (Wildman–Crippen MR) is 89.3 cm³/mol. The highest BCUT2D eigenvalue weighted by molar-refractivity contribution is 9.10. The Bertz CT molecular complexity index is 840. The summed E-state index contributed by atoms with van der Waals surface area (Å²) in [5.74, 6) is -0.325. The van der Waals surface area contributed by atoms with Gasteiger partial charge in [-0.1, -0.05) is 22.0 Å². The van der Waals surface area contributed by atoms with Crippen LogP contribution in [0.3, 0.4) is 0 Å². The molecule has 0 unspecified atom stereocenters. The number of halogens is 1. The van der Waals surface area contributed by atoms with Crippen molar-refractivity contribution in [3.05, 3.63) is 58.8 Å². The molecule has 5 heteroatoms. The van der Waals surface area contributed by atoms with Crippen LogP contribution in [0.25, 0.3) is 16.7 Å². The number of hydrogen-bond acceptors (Lipinski definition) is 3. The van der Waals surface area contributed by atoms with Gasteiger partial charge in [0.25, 0.3) is 0 Å². The lowest BCUT2D eigenvalue weighted by molar-refractivity contribution is 0.0378. The maximum Gasteiger partial charge on any atom is 0.338 e. The predicted octanol–water partition coefficient (Wildman–Crippen LogP) is 4.35. The second-order valence-corrected chi connectivity index (χ2v) is 6.17. The van der Waals surface area contributed by atoms with E-state index in [0.717, 1.165) is 21.2 Å². The lowest BCUT2D eigenvalue weighted by atomic mass is 10.2. The van der Waals surface area contributed by atoms with Crippen LogP contribution in [0, 0.1) is 0 Å². The number of rotatable bonds is 3. The van der Waals surface area contributed by atoms with Crippen LogP contribution in [-0.4, -0.2) is 21.6 Å². The molecule has 3 aromatic rings. The minimum absolute atomic E-state index is 0.137. The molecule has 1 heterocycles. The van der Waals surface area contributed by atoms with Crippen LogP contribution >= 0.6 is 15.9 Å². The summed E-state index contributed by atoms with van der Waals surface area (Å²) in [5.41, 5.74) is 3.23. The fourth-order valence-corrected chi connectivity index (χ4v) is 2.64. The van der Waals surface area contributed by atoms with Gasteiger partial charge in [0.05, 0.1) is 22.7 Å². The van der Waals surface area contributed by atoms with Gasteiger partial charge in [-0.15, -0.1) is 0 Å². The number of hydrogen-bond donors (Lipinski definition) is 0. The van der Waals surface area contributed by atoms with Crippen molar-refractivity contribution in [2.75, 3.05) is 0 Å². The molecule has 0 aliphatic carbocycles. The van der Waals surface area contributed by atoms with Crippen LogP contribution in [0.2, 0.25) is 0 Å². The Morgan fingerprint density at radius 1 is 1.23 bits per heavy atom. The number of benzene rings is 2. The van der Waals surface area contributed by atoms with Crippen molar-refractivity contribution >= 4 is 32.9 Å². The van der Waals surface area contributed by atoms with Crippen molar-refractivity contribution in [2.24, 2.45) is 0 Å². The lowest BCUT2D eigenvalue weighted by Crippen LogP contribution is -2.11. The Labute approximate surface area is 136 Å². The largest absolute Gasteiger partial charge is 0.459 e. The first-order chi connectivity index (χ1) is 10.5. The van der Waals surface area contributed by atoms with E-state index in [0.29, 0.717) is 5.56 Å². The van der Waals surface area contributed by atoms with Crippen molar-refractivity contribution in [3.8, 4) is 5.69 Å². The fraction of sp³-hybridized carbons (Fsp3) is 0.176. The molecule has 0 saturated heterocycles. The number of fused-ring (bicyclic) bond motifs is 1. The van der Waals surface area contributed by atoms with Gasteiger partial charge in [0.15, 0.2) is 0 Å². The van der Waals surface area contributed by atoms with Gasteiger partial charge in [0, 0.05) is 10.2 Å². The minimum Gasteiger partial charge on any atom is -0.459 e. The molecular formula is C17H15BrN2O2. The zero-order chi connectivity index (χ0) is 15.7. The fourth-order valence-electron chi connectivity index (χ4n) is 2.25. The molecule has 2 aromatic carbocycles. The maximum atomic E-state index is 12.0. The van der Waals surface area contributed by atoms with E-state index in [1.165, 1.54) is 0 Å². The van der Waals surface area contributed by atoms with E-state index < -0.39 is 0 Å². The van der Waals surface area contributed by atoms with Crippen LogP contribution in [-0.2, 0) is 4.74 Å². The first kappa shape index (κ1) is 14.8. The summed E-state index contributed by atoms with van der Waals surface area (Å²) in [7, 11) is 0. The van der Waals surface area contributed by atoms with Crippen LogP contribution in [0.15, 0.2) is 53.3 Å². The highest BCUT2D eigenvalue weighted by Crippen LogP contribution is 2.22. The van der Waals surface area contributed by atoms with Gasteiger partial charge in [-0.2, -0.15) is 0 Å². The number of ether oxygens (including phenoxy) is 1. The molecule has 1 aromatic heterocycles. The van der Waals surface area contributed by atoms with Gasteiger partial charge in [0.1, 0.15) is 6.33 Å². The summed E-state index contributed by atoms with van der Waals surface area (Å²) in [6.45, 7) is 3.66. The zero-order valence-corrected chi connectivity index (χ0v) is 13.9. The molecule has 0 fully saturated rings. The Morgan fingerprint density at radius 2 is 2.05 bits per heavy atom. The van der Waals surface area contributed by atoms with E-state index in [9.17, 15) is 4.79 Å². The molecule has 3 rings (SSSR count). The number of aromatic nitrogens is 2. The monoisotopic (exact) mass is 358 g/mol. The third-order valence-corrected chi connectivity index (χ3v) is 3.71. The van der Waals surface area contributed by atoms with Crippen LogP contribution in [0.4, 0.5) is 0 Å². The van der Waals surface area contributed by atoms with Crippen molar-refractivity contribution in [1.82, 2.24) is 9.55 Å². The highest BCUT2D eigenvalue weighted by Gasteiger charge is 2.12. The molecule has 4 nitrogen and oxygen atoms in total. The Hall–Kier alpha value is -2.14. The summed E-state index contributed by atoms with van der Waals surface area (Å²) < 4.78 is 8.20. The van der Waals surface area contributed by atoms with Gasteiger partial charge < -0.3 is 4.74 Å². The molecule has 22 heavy (non-hydrogen) atoms. The van der Waals surface area contributed by atoms with E-state index in [1.807, 2.05) is 48.7 Å². The average molecular weight is 359 g/mol. The number of carbonyl (C=O) groups is 1. The third kappa shape index (κ3) is 2.90. The van der Waals surface area contributed by atoms with Crippen LogP contribution in [0.1, 0.15) is 24.2 Å². The van der Waals surface area contributed by atoms with Gasteiger partial charge in [0.2, 0.25) is 0 Å². The Balaban J connectivity index is 2.01. The van der Waals surface area contributed by atoms with E-state index in [1.54, 1.807) is 18.5 Å². The van der Waals surface area contributed by atoms with Crippen molar-refractivity contribution < 1.29 is 9.53 Å². The van der Waals surface area contributed by atoms with E-state index in [2.05, 4.69) is 20.9 Å². The van der Waals surface area contributed by atoms with Crippen LogP contribution in [0.5, 0.6) is 0 Å². The molecular weight excluding hydrogens is 344 g/mol. The normalized spacial score (nSPS) is 11.1. The maximum absolute atomic E-state index is 12.0. The summed E-state index contributed by atoms with van der Waals surface area (Å²) in [5, 5.41) is 0. The first-order valence-corrected chi connectivity index (χ1v) is 7.78. The average Bonchev–Trinajstić information content (AvgIpc) is 2.89. The van der Waals surface area contributed by atoms with Gasteiger partial charge >= 0.3 is 5.97 Å². The molecule has 0 amide bonds. The van der Waals surface area contributed by atoms with E-state index >= 15 is 0 Å². The van der Waals surface area contributed by atoms with Crippen molar-refractivity contribution in [1.29, 1.82) is 0 Å². The number of esters is 1. The smallest absolute Gasteiger partial charge is 0.338 e. The second kappa shape index (κ2) is 5.93. The molecule has 0 bridgehead atoms. The first-order valence-electron chi connectivity index (χ1n) is 6.98. The molecule has 0 radical (unpaired) electrons. The number of nitrogens with zero attached hydrogens (tertiary/aromatic N) is 2. The number of imidazole rings is 1. The molecule has 0 atom stereocenters. The quantitative estimate of drug-likeness (QED) is 0.653.